The van der Waals surface area contributed by atoms with Crippen molar-refractivity contribution in [2.24, 2.45) is 0 Å². The lowest BCUT2D eigenvalue weighted by molar-refractivity contribution is -0.142. The number of aryl methyl sites for hydroxylation is 2. The molecule has 112 valence electrons. The van der Waals surface area contributed by atoms with Crippen molar-refractivity contribution in [3.8, 4) is 0 Å². The number of hydrogen-bond acceptors (Lipinski definition) is 2. The number of carboxylic acid groups (broad SMARTS) is 1. The van der Waals surface area contributed by atoms with Crippen LogP contribution < -0.4 is 0 Å². The summed E-state index contributed by atoms with van der Waals surface area (Å²) in [6, 6.07) is 15.7. The molecule has 0 saturated carbocycles. The van der Waals surface area contributed by atoms with Gasteiger partial charge in [-0.1, -0.05) is 48.5 Å². The van der Waals surface area contributed by atoms with Crippen LogP contribution in [0.2, 0.25) is 0 Å². The Balaban J connectivity index is 2.12. The van der Waals surface area contributed by atoms with Gasteiger partial charge in [0.1, 0.15) is 6.04 Å². The van der Waals surface area contributed by atoms with E-state index in [0.29, 0.717) is 0 Å². The number of benzene rings is 2. The molecule has 2 aromatic carbocycles. The van der Waals surface area contributed by atoms with Gasteiger partial charge in [0.15, 0.2) is 0 Å². The lowest BCUT2D eigenvalue weighted by Crippen LogP contribution is -2.45. The highest BCUT2D eigenvalue weighted by Gasteiger charge is 2.35. The van der Waals surface area contributed by atoms with Crippen molar-refractivity contribution in [3.63, 3.8) is 0 Å². The van der Waals surface area contributed by atoms with Crippen molar-refractivity contribution in [1.29, 1.82) is 0 Å². The zero-order chi connectivity index (χ0) is 15.7. The largest absolute Gasteiger partial charge is 0.479 e. The van der Waals surface area contributed by atoms with Crippen LogP contribution in [-0.4, -0.2) is 22.0 Å². The van der Waals surface area contributed by atoms with Gasteiger partial charge in [-0.2, -0.15) is 0 Å². The Bertz CT molecular complexity index is 690. The van der Waals surface area contributed by atoms with Crippen molar-refractivity contribution in [1.82, 2.24) is 4.90 Å². The quantitative estimate of drug-likeness (QED) is 0.935. The number of hydrogen-bond donors (Lipinski definition) is 1. The molecule has 1 aliphatic heterocycles. The van der Waals surface area contributed by atoms with E-state index in [-0.39, 0.29) is 6.04 Å². The molecule has 0 aliphatic carbocycles. The van der Waals surface area contributed by atoms with E-state index in [1.54, 1.807) is 6.08 Å². The molecule has 1 heterocycles. The van der Waals surface area contributed by atoms with E-state index in [1.165, 1.54) is 11.1 Å². The average molecular weight is 293 g/mol. The third kappa shape index (κ3) is 2.39. The van der Waals surface area contributed by atoms with E-state index in [4.69, 9.17) is 0 Å². The highest BCUT2D eigenvalue weighted by Crippen LogP contribution is 2.37. The highest BCUT2D eigenvalue weighted by atomic mass is 16.4. The summed E-state index contributed by atoms with van der Waals surface area (Å²) in [6.45, 7) is 4.14. The van der Waals surface area contributed by atoms with Gasteiger partial charge in [0.25, 0.3) is 0 Å². The summed E-state index contributed by atoms with van der Waals surface area (Å²) in [4.78, 5) is 13.4. The Morgan fingerprint density at radius 2 is 1.50 bits per heavy atom. The van der Waals surface area contributed by atoms with Gasteiger partial charge < -0.3 is 10.0 Å². The van der Waals surface area contributed by atoms with Crippen LogP contribution in [0.25, 0.3) is 0 Å². The van der Waals surface area contributed by atoms with E-state index in [2.05, 4.69) is 38.1 Å². The van der Waals surface area contributed by atoms with E-state index < -0.39 is 12.0 Å². The fourth-order valence-corrected chi connectivity index (χ4v) is 3.00. The number of carbonyl (C=O) groups is 1. The lowest BCUT2D eigenvalue weighted by atomic mass is 9.89. The van der Waals surface area contributed by atoms with E-state index in [1.807, 2.05) is 35.4 Å². The number of nitrogens with zero attached hydrogens (tertiary/aromatic N) is 1. The van der Waals surface area contributed by atoms with Crippen LogP contribution in [0.5, 0.6) is 0 Å². The molecule has 0 amide bonds. The van der Waals surface area contributed by atoms with Crippen molar-refractivity contribution < 1.29 is 9.90 Å². The van der Waals surface area contributed by atoms with Crippen LogP contribution in [0.4, 0.5) is 0 Å². The Hall–Kier alpha value is -2.55. The number of aliphatic carboxylic acids is 1. The normalized spacial score (nSPS) is 16.7. The van der Waals surface area contributed by atoms with Crippen LogP contribution in [0.1, 0.15) is 28.3 Å². The fourth-order valence-electron chi connectivity index (χ4n) is 3.00. The zero-order valence-electron chi connectivity index (χ0n) is 12.7. The van der Waals surface area contributed by atoms with Crippen molar-refractivity contribution >= 4 is 5.97 Å². The molecule has 2 aromatic rings. The maximum absolute atomic E-state index is 11.4. The predicted octanol–water partition coefficient (Wildman–Crippen LogP) is 3.68. The molecule has 1 atom stereocenters. The Morgan fingerprint density at radius 1 is 1.00 bits per heavy atom. The minimum atomic E-state index is -0.810. The zero-order valence-corrected chi connectivity index (χ0v) is 12.7. The molecule has 0 aromatic heterocycles. The first-order chi connectivity index (χ1) is 10.6. The molecule has 3 rings (SSSR count). The van der Waals surface area contributed by atoms with Gasteiger partial charge in [-0.3, -0.25) is 0 Å². The Labute approximate surface area is 130 Å². The monoisotopic (exact) mass is 293 g/mol. The molecule has 1 aliphatic rings. The molecule has 0 spiro atoms. The minimum absolute atomic E-state index is 0.0755. The SMILES string of the molecule is Cc1ccccc1C(c1ccccc1C)N1C=CC1C(=O)O. The van der Waals surface area contributed by atoms with Crippen LogP contribution in [0, 0.1) is 13.8 Å². The predicted molar refractivity (Wildman–Crippen MR) is 86.6 cm³/mol. The average Bonchev–Trinajstić information content (AvgIpc) is 2.44. The Kier molecular flexibility index (Phi) is 3.72. The summed E-state index contributed by atoms with van der Waals surface area (Å²) in [7, 11) is 0. The second kappa shape index (κ2) is 5.68. The van der Waals surface area contributed by atoms with Crippen molar-refractivity contribution in [3.05, 3.63) is 83.1 Å². The maximum Gasteiger partial charge on any atom is 0.330 e. The van der Waals surface area contributed by atoms with Crippen molar-refractivity contribution in [2.75, 3.05) is 0 Å². The molecule has 3 heteroatoms. The summed E-state index contributed by atoms with van der Waals surface area (Å²) in [5, 5.41) is 9.39. The molecule has 0 saturated heterocycles. The van der Waals surface area contributed by atoms with Gasteiger partial charge in [-0.15, -0.1) is 0 Å². The van der Waals surface area contributed by atoms with Gasteiger partial charge in [-0.25, -0.2) is 4.79 Å². The first kappa shape index (κ1) is 14.4. The Morgan fingerprint density at radius 3 is 1.86 bits per heavy atom. The lowest BCUT2D eigenvalue weighted by Gasteiger charge is -2.41. The minimum Gasteiger partial charge on any atom is -0.479 e. The second-order valence-electron chi connectivity index (χ2n) is 5.69. The summed E-state index contributed by atoms with van der Waals surface area (Å²) in [5.41, 5.74) is 4.63. The fraction of sp³-hybridized carbons (Fsp3) is 0.211. The van der Waals surface area contributed by atoms with Gasteiger partial charge in [-0.05, 0) is 48.4 Å². The molecule has 0 radical (unpaired) electrons. The standard InChI is InChI=1S/C19H19NO2/c1-13-7-3-5-9-15(13)18(16-10-6-4-8-14(16)2)20-12-11-17(20)19(21)22/h3-12,17-18H,1-2H3,(H,21,22). The maximum atomic E-state index is 11.4. The van der Waals surface area contributed by atoms with Crippen LogP contribution in [-0.2, 0) is 4.79 Å². The second-order valence-corrected chi connectivity index (χ2v) is 5.69. The summed E-state index contributed by atoms with van der Waals surface area (Å²) >= 11 is 0. The van der Waals surface area contributed by atoms with Crippen LogP contribution in [0.3, 0.4) is 0 Å². The van der Waals surface area contributed by atoms with Gasteiger partial charge in [0, 0.05) is 0 Å². The van der Waals surface area contributed by atoms with Crippen LogP contribution >= 0.6 is 0 Å². The molecule has 1 N–H and O–H groups in total. The van der Waals surface area contributed by atoms with Gasteiger partial charge >= 0.3 is 5.97 Å². The molecular formula is C19H19NO2. The van der Waals surface area contributed by atoms with E-state index >= 15 is 0 Å². The first-order valence-electron chi connectivity index (χ1n) is 7.39. The topological polar surface area (TPSA) is 40.5 Å². The molecule has 3 nitrogen and oxygen atoms in total. The highest BCUT2D eigenvalue weighted by molar-refractivity contribution is 5.78. The summed E-state index contributed by atoms with van der Waals surface area (Å²) < 4.78 is 0. The van der Waals surface area contributed by atoms with E-state index in [0.717, 1.165) is 11.1 Å². The third-order valence-electron chi connectivity index (χ3n) is 4.28. The molecule has 22 heavy (non-hydrogen) atoms. The van der Waals surface area contributed by atoms with E-state index in [9.17, 15) is 9.90 Å². The molecular weight excluding hydrogens is 274 g/mol. The van der Waals surface area contributed by atoms with Crippen LogP contribution in [0.15, 0.2) is 60.8 Å². The van der Waals surface area contributed by atoms with Gasteiger partial charge in [0.2, 0.25) is 0 Å². The van der Waals surface area contributed by atoms with Gasteiger partial charge in [0.05, 0.1) is 6.04 Å². The molecule has 0 fully saturated rings. The van der Waals surface area contributed by atoms with Crippen molar-refractivity contribution in [2.45, 2.75) is 25.9 Å². The smallest absolute Gasteiger partial charge is 0.330 e. The first-order valence-corrected chi connectivity index (χ1v) is 7.39. The third-order valence-corrected chi connectivity index (χ3v) is 4.28. The number of carboxylic acids is 1. The molecule has 0 bridgehead atoms. The number of rotatable bonds is 4. The summed E-state index contributed by atoms with van der Waals surface area (Å²) in [5.74, 6) is -0.810. The molecule has 1 unspecified atom stereocenters. The summed E-state index contributed by atoms with van der Waals surface area (Å²) in [6.07, 6.45) is 3.61.